The molecule has 0 rings (SSSR count). The standard InChI is InChI=1S/C6H13N3/c1-5(2)8-9-6(3)7-4/h1-4H3,(H,7,9). The first kappa shape index (κ1) is 8.14. The van der Waals surface area contributed by atoms with Gasteiger partial charge in [-0.15, -0.1) is 0 Å². The van der Waals surface area contributed by atoms with Crippen molar-refractivity contribution in [1.82, 2.24) is 5.43 Å². The van der Waals surface area contributed by atoms with E-state index in [4.69, 9.17) is 0 Å². The average molecular weight is 127 g/mol. The minimum atomic E-state index is 0.830. The fourth-order valence-electron chi connectivity index (χ4n) is 0.243. The van der Waals surface area contributed by atoms with Crippen LogP contribution >= 0.6 is 0 Å². The van der Waals surface area contributed by atoms with Gasteiger partial charge >= 0.3 is 0 Å². The second kappa shape index (κ2) is 4.06. The molecule has 0 unspecified atom stereocenters. The van der Waals surface area contributed by atoms with Crippen LogP contribution in [-0.4, -0.2) is 18.6 Å². The van der Waals surface area contributed by atoms with E-state index in [1.807, 2.05) is 20.8 Å². The highest BCUT2D eigenvalue weighted by Gasteiger charge is 1.80. The SMILES string of the molecule is CN=C(C)NN=C(C)C. The quantitative estimate of drug-likeness (QED) is 0.318. The summed E-state index contributed by atoms with van der Waals surface area (Å²) in [5.74, 6) is 0.830. The van der Waals surface area contributed by atoms with Gasteiger partial charge in [-0.1, -0.05) is 0 Å². The molecule has 0 saturated carbocycles. The lowest BCUT2D eigenvalue weighted by atomic mass is 10.5. The second-order valence-corrected chi connectivity index (χ2v) is 1.98. The molecule has 0 aromatic rings. The van der Waals surface area contributed by atoms with Crippen LogP contribution < -0.4 is 5.43 Å². The molecule has 0 heterocycles. The second-order valence-electron chi connectivity index (χ2n) is 1.98. The molecule has 0 fully saturated rings. The average Bonchev–Trinajstić information content (AvgIpc) is 1.83. The fourth-order valence-corrected chi connectivity index (χ4v) is 0.243. The zero-order valence-electron chi connectivity index (χ0n) is 6.39. The van der Waals surface area contributed by atoms with E-state index < -0.39 is 0 Å². The summed E-state index contributed by atoms with van der Waals surface area (Å²) in [6.07, 6.45) is 0. The molecule has 0 aliphatic carbocycles. The highest BCUT2D eigenvalue weighted by Crippen LogP contribution is 1.71. The summed E-state index contributed by atoms with van der Waals surface area (Å²) in [6.45, 7) is 5.72. The molecule has 3 nitrogen and oxygen atoms in total. The number of rotatable bonds is 1. The van der Waals surface area contributed by atoms with E-state index in [-0.39, 0.29) is 0 Å². The van der Waals surface area contributed by atoms with Gasteiger partial charge in [0.05, 0.1) is 0 Å². The van der Waals surface area contributed by atoms with Crippen molar-refractivity contribution < 1.29 is 0 Å². The third kappa shape index (κ3) is 5.00. The molecule has 0 aromatic carbocycles. The summed E-state index contributed by atoms with van der Waals surface area (Å²) in [6, 6.07) is 0. The smallest absolute Gasteiger partial charge is 0.113 e. The Morgan fingerprint density at radius 2 is 1.78 bits per heavy atom. The van der Waals surface area contributed by atoms with Crippen LogP contribution in [0.3, 0.4) is 0 Å². The van der Waals surface area contributed by atoms with E-state index in [9.17, 15) is 0 Å². The maximum atomic E-state index is 3.93. The van der Waals surface area contributed by atoms with Gasteiger partial charge in [-0.3, -0.25) is 10.4 Å². The summed E-state index contributed by atoms with van der Waals surface area (Å²) in [5.41, 5.74) is 3.77. The fraction of sp³-hybridized carbons (Fsp3) is 0.667. The third-order valence-corrected chi connectivity index (χ3v) is 0.777. The molecule has 0 aromatic heterocycles. The summed E-state index contributed by atoms with van der Waals surface area (Å²) in [4.78, 5) is 3.86. The lowest BCUT2D eigenvalue weighted by Gasteiger charge is -1.95. The van der Waals surface area contributed by atoms with E-state index in [1.165, 1.54) is 0 Å². The lowest BCUT2D eigenvalue weighted by Crippen LogP contribution is -2.14. The van der Waals surface area contributed by atoms with Crippen LogP contribution in [0.5, 0.6) is 0 Å². The van der Waals surface area contributed by atoms with Crippen LogP contribution in [0.2, 0.25) is 0 Å². The van der Waals surface area contributed by atoms with Crippen molar-refractivity contribution in [3.05, 3.63) is 0 Å². The van der Waals surface area contributed by atoms with Gasteiger partial charge in [0.15, 0.2) is 0 Å². The van der Waals surface area contributed by atoms with Crippen LogP contribution in [0, 0.1) is 0 Å². The van der Waals surface area contributed by atoms with Gasteiger partial charge in [-0.25, -0.2) is 0 Å². The Morgan fingerprint density at radius 3 is 2.11 bits per heavy atom. The molecular formula is C6H13N3. The van der Waals surface area contributed by atoms with Crippen molar-refractivity contribution in [3.8, 4) is 0 Å². The predicted molar refractivity (Wildman–Crippen MR) is 41.0 cm³/mol. The van der Waals surface area contributed by atoms with Gasteiger partial charge in [0.2, 0.25) is 0 Å². The maximum Gasteiger partial charge on any atom is 0.113 e. The third-order valence-electron chi connectivity index (χ3n) is 0.777. The highest BCUT2D eigenvalue weighted by atomic mass is 15.3. The van der Waals surface area contributed by atoms with Crippen molar-refractivity contribution in [2.24, 2.45) is 10.1 Å². The van der Waals surface area contributed by atoms with Crippen LogP contribution in [-0.2, 0) is 0 Å². The molecule has 0 aliphatic heterocycles. The van der Waals surface area contributed by atoms with Crippen LogP contribution in [0.15, 0.2) is 10.1 Å². The van der Waals surface area contributed by atoms with Crippen LogP contribution in [0.4, 0.5) is 0 Å². The minimum Gasteiger partial charge on any atom is -0.275 e. The van der Waals surface area contributed by atoms with Gasteiger partial charge in [-0.2, -0.15) is 5.10 Å². The molecule has 0 bridgehead atoms. The minimum absolute atomic E-state index is 0.830. The Bertz CT molecular complexity index is 131. The molecule has 1 N–H and O–H groups in total. The molecule has 3 heteroatoms. The van der Waals surface area contributed by atoms with E-state index in [1.54, 1.807) is 7.05 Å². The van der Waals surface area contributed by atoms with Crippen molar-refractivity contribution in [2.75, 3.05) is 7.05 Å². The topological polar surface area (TPSA) is 36.8 Å². The predicted octanol–water partition coefficient (Wildman–Crippen LogP) is 1.02. The zero-order chi connectivity index (χ0) is 7.28. The Labute approximate surface area is 55.9 Å². The van der Waals surface area contributed by atoms with E-state index in [0.29, 0.717) is 0 Å². The summed E-state index contributed by atoms with van der Waals surface area (Å²) >= 11 is 0. The normalized spacial score (nSPS) is 10.9. The van der Waals surface area contributed by atoms with Crippen LogP contribution in [0.25, 0.3) is 0 Å². The van der Waals surface area contributed by atoms with Crippen molar-refractivity contribution in [1.29, 1.82) is 0 Å². The maximum absolute atomic E-state index is 3.93. The summed E-state index contributed by atoms with van der Waals surface area (Å²) < 4.78 is 0. The van der Waals surface area contributed by atoms with Gasteiger partial charge in [-0.05, 0) is 20.8 Å². The first-order valence-corrected chi connectivity index (χ1v) is 2.87. The Morgan fingerprint density at radius 1 is 1.22 bits per heavy atom. The summed E-state index contributed by atoms with van der Waals surface area (Å²) in [5, 5.41) is 3.93. The number of hydrogen-bond acceptors (Lipinski definition) is 2. The van der Waals surface area contributed by atoms with Crippen molar-refractivity contribution >= 4 is 11.5 Å². The molecule has 0 saturated heterocycles. The van der Waals surface area contributed by atoms with E-state index >= 15 is 0 Å². The van der Waals surface area contributed by atoms with Gasteiger partial charge in [0.1, 0.15) is 5.84 Å². The number of nitrogens with zero attached hydrogens (tertiary/aromatic N) is 2. The summed E-state index contributed by atoms with van der Waals surface area (Å²) in [7, 11) is 1.73. The van der Waals surface area contributed by atoms with Crippen molar-refractivity contribution in [2.45, 2.75) is 20.8 Å². The lowest BCUT2D eigenvalue weighted by molar-refractivity contribution is 1.00. The largest absolute Gasteiger partial charge is 0.275 e. The van der Waals surface area contributed by atoms with Crippen LogP contribution in [0.1, 0.15) is 20.8 Å². The molecular weight excluding hydrogens is 114 g/mol. The number of nitrogens with one attached hydrogen (secondary N) is 1. The molecule has 0 aliphatic rings. The number of aliphatic imine (C=N–C) groups is 1. The molecule has 52 valence electrons. The zero-order valence-corrected chi connectivity index (χ0v) is 6.39. The van der Waals surface area contributed by atoms with E-state index in [0.717, 1.165) is 11.5 Å². The molecule has 0 spiro atoms. The Kier molecular flexibility index (Phi) is 3.67. The van der Waals surface area contributed by atoms with Gasteiger partial charge in [0.25, 0.3) is 0 Å². The van der Waals surface area contributed by atoms with Gasteiger partial charge < -0.3 is 0 Å². The molecule has 9 heavy (non-hydrogen) atoms. The molecule has 0 atom stereocenters. The number of amidine groups is 1. The number of hydrogen-bond donors (Lipinski definition) is 1. The molecule has 0 radical (unpaired) electrons. The first-order valence-electron chi connectivity index (χ1n) is 2.87. The van der Waals surface area contributed by atoms with Crippen molar-refractivity contribution in [3.63, 3.8) is 0 Å². The van der Waals surface area contributed by atoms with E-state index in [2.05, 4.69) is 15.5 Å². The monoisotopic (exact) mass is 127 g/mol. The number of hydrazone groups is 1. The molecule has 0 amide bonds. The Hall–Kier alpha value is -0.860. The Balaban J connectivity index is 3.64. The highest BCUT2D eigenvalue weighted by molar-refractivity contribution is 5.83. The van der Waals surface area contributed by atoms with Gasteiger partial charge in [0, 0.05) is 12.8 Å². The first-order chi connectivity index (χ1) is 4.16.